The van der Waals surface area contributed by atoms with Crippen molar-refractivity contribution in [2.24, 2.45) is 5.73 Å². The van der Waals surface area contributed by atoms with Gasteiger partial charge in [-0.3, -0.25) is 19.0 Å². The quantitative estimate of drug-likeness (QED) is 0.565. The molecule has 29 heavy (non-hydrogen) atoms. The van der Waals surface area contributed by atoms with Gasteiger partial charge in [0.05, 0.1) is 16.5 Å². The smallest absolute Gasteiger partial charge is 0.341 e. The molecule has 0 aromatic carbocycles. The Morgan fingerprint density at radius 1 is 1.28 bits per heavy atom. The van der Waals surface area contributed by atoms with Gasteiger partial charge in [-0.2, -0.15) is 10.2 Å². The predicted molar refractivity (Wildman–Crippen MR) is 106 cm³/mol. The molecule has 0 fully saturated rings. The summed E-state index contributed by atoms with van der Waals surface area (Å²) in [7, 11) is 0. The van der Waals surface area contributed by atoms with Crippen LogP contribution >= 0.6 is 11.3 Å². The number of nitrogens with zero attached hydrogens (tertiary/aromatic N) is 4. The Morgan fingerprint density at radius 3 is 2.66 bits per heavy atom. The summed E-state index contributed by atoms with van der Waals surface area (Å²) in [5.74, 6) is -1.85. The number of rotatable bonds is 7. The van der Waals surface area contributed by atoms with Gasteiger partial charge in [0.15, 0.2) is 5.69 Å². The van der Waals surface area contributed by atoms with Crippen molar-refractivity contribution in [3.05, 3.63) is 52.4 Å². The lowest BCUT2D eigenvalue weighted by Crippen LogP contribution is -2.18. The first-order valence-corrected chi connectivity index (χ1v) is 9.54. The van der Waals surface area contributed by atoms with E-state index in [1.165, 1.54) is 0 Å². The Hall–Kier alpha value is -3.47. The first-order valence-electron chi connectivity index (χ1n) is 8.72. The Balaban J connectivity index is 1.84. The minimum atomic E-state index is -0.685. The normalized spacial score (nSPS) is 10.9. The fourth-order valence-corrected chi connectivity index (χ4v) is 3.66. The number of ether oxygens (including phenoxy) is 1. The third-order valence-electron chi connectivity index (χ3n) is 3.87. The molecule has 0 aliphatic carbocycles. The standard InChI is InChI=1S/C18H20N6O4S/c1-10(2)28-18(27)13-11(3)14(15(19)25)29-17(13)21-16(26)12-5-8-24(22-12)9-23-7-4-6-20-23/h4-8,10H,9H2,1-3H3,(H2,19,25)(H,21,26). The van der Waals surface area contributed by atoms with Gasteiger partial charge in [0.25, 0.3) is 11.8 Å². The molecule has 3 rings (SSSR count). The van der Waals surface area contributed by atoms with Crippen LogP contribution in [0, 0.1) is 6.92 Å². The van der Waals surface area contributed by atoms with Crippen molar-refractivity contribution < 1.29 is 19.1 Å². The molecule has 3 N–H and O–H groups in total. The van der Waals surface area contributed by atoms with Crippen LogP contribution in [0.1, 0.15) is 49.9 Å². The van der Waals surface area contributed by atoms with E-state index in [1.807, 2.05) is 0 Å². The van der Waals surface area contributed by atoms with E-state index in [4.69, 9.17) is 10.5 Å². The van der Waals surface area contributed by atoms with Crippen molar-refractivity contribution >= 4 is 34.1 Å². The maximum atomic E-state index is 12.6. The third-order valence-corrected chi connectivity index (χ3v) is 5.09. The Morgan fingerprint density at radius 2 is 2.03 bits per heavy atom. The summed E-state index contributed by atoms with van der Waals surface area (Å²) in [6, 6.07) is 3.32. The van der Waals surface area contributed by atoms with E-state index in [-0.39, 0.29) is 27.2 Å². The number of carbonyl (C=O) groups is 3. The number of amides is 2. The molecule has 3 aromatic heterocycles. The lowest BCUT2D eigenvalue weighted by molar-refractivity contribution is 0.0379. The second kappa shape index (κ2) is 8.27. The summed E-state index contributed by atoms with van der Waals surface area (Å²) < 4.78 is 8.43. The molecule has 0 saturated heterocycles. The van der Waals surface area contributed by atoms with Crippen LogP contribution in [0.5, 0.6) is 0 Å². The van der Waals surface area contributed by atoms with E-state index in [9.17, 15) is 14.4 Å². The highest BCUT2D eigenvalue weighted by atomic mass is 32.1. The number of hydrogen-bond acceptors (Lipinski definition) is 7. The van der Waals surface area contributed by atoms with E-state index >= 15 is 0 Å². The highest BCUT2D eigenvalue weighted by Crippen LogP contribution is 2.34. The molecule has 0 atom stereocenters. The number of nitrogens with two attached hydrogens (primary N) is 1. The minimum absolute atomic E-state index is 0.113. The van der Waals surface area contributed by atoms with Crippen LogP contribution in [0.4, 0.5) is 5.00 Å². The van der Waals surface area contributed by atoms with Crippen molar-refractivity contribution in [3.8, 4) is 0 Å². The van der Waals surface area contributed by atoms with Gasteiger partial charge < -0.3 is 15.8 Å². The largest absolute Gasteiger partial charge is 0.459 e. The predicted octanol–water partition coefficient (Wildman–Crippen LogP) is 1.87. The molecule has 11 heteroatoms. The average molecular weight is 416 g/mol. The monoisotopic (exact) mass is 416 g/mol. The summed E-state index contributed by atoms with van der Waals surface area (Å²) in [6.07, 6.45) is 4.69. The molecular weight excluding hydrogens is 396 g/mol. The molecule has 152 valence electrons. The molecule has 0 saturated carbocycles. The first-order chi connectivity index (χ1) is 13.8. The van der Waals surface area contributed by atoms with Crippen molar-refractivity contribution in [3.63, 3.8) is 0 Å². The summed E-state index contributed by atoms with van der Waals surface area (Å²) in [6.45, 7) is 5.34. The molecule has 2 amide bonds. The molecular formula is C18H20N6O4S. The van der Waals surface area contributed by atoms with Crippen LogP contribution < -0.4 is 11.1 Å². The molecule has 0 spiro atoms. The maximum Gasteiger partial charge on any atom is 0.341 e. The minimum Gasteiger partial charge on any atom is -0.459 e. The summed E-state index contributed by atoms with van der Waals surface area (Å²) in [4.78, 5) is 37.0. The third kappa shape index (κ3) is 4.51. The molecule has 0 aliphatic rings. The van der Waals surface area contributed by atoms with Crippen molar-refractivity contribution in [2.45, 2.75) is 33.5 Å². The zero-order valence-corrected chi connectivity index (χ0v) is 16.9. The Bertz CT molecular complexity index is 1050. The summed E-state index contributed by atoms with van der Waals surface area (Å²) >= 11 is 0.927. The molecule has 0 unspecified atom stereocenters. The number of primary amides is 1. The van der Waals surface area contributed by atoms with E-state index < -0.39 is 17.8 Å². The van der Waals surface area contributed by atoms with Gasteiger partial charge in [0, 0.05) is 18.6 Å². The van der Waals surface area contributed by atoms with Crippen LogP contribution in [0.25, 0.3) is 0 Å². The molecule has 0 radical (unpaired) electrons. The van der Waals surface area contributed by atoms with Gasteiger partial charge >= 0.3 is 5.97 Å². The molecule has 3 aromatic rings. The van der Waals surface area contributed by atoms with Crippen molar-refractivity contribution in [1.82, 2.24) is 19.6 Å². The number of carbonyl (C=O) groups excluding carboxylic acids is 3. The van der Waals surface area contributed by atoms with E-state index in [0.29, 0.717) is 12.2 Å². The number of hydrogen-bond donors (Lipinski definition) is 2. The molecule has 0 bridgehead atoms. The van der Waals surface area contributed by atoms with Crippen LogP contribution in [-0.4, -0.2) is 43.4 Å². The summed E-state index contributed by atoms with van der Waals surface area (Å²) in [5, 5.41) is 11.1. The lowest BCUT2D eigenvalue weighted by atomic mass is 10.1. The van der Waals surface area contributed by atoms with Crippen LogP contribution in [0.2, 0.25) is 0 Å². The van der Waals surface area contributed by atoms with E-state index in [0.717, 1.165) is 11.3 Å². The first kappa shape index (κ1) is 20.3. The van der Waals surface area contributed by atoms with E-state index in [2.05, 4.69) is 15.5 Å². The van der Waals surface area contributed by atoms with Gasteiger partial charge in [-0.25, -0.2) is 4.79 Å². The zero-order valence-electron chi connectivity index (χ0n) is 16.1. The van der Waals surface area contributed by atoms with E-state index in [1.54, 1.807) is 60.9 Å². The topological polar surface area (TPSA) is 134 Å². The molecule has 3 heterocycles. The SMILES string of the molecule is Cc1c(C(N)=O)sc(NC(=O)c2ccn(Cn3cccn3)n2)c1C(=O)OC(C)C. The second-order valence-corrected chi connectivity index (χ2v) is 7.48. The van der Waals surface area contributed by atoms with Gasteiger partial charge in [0.1, 0.15) is 11.7 Å². The second-order valence-electron chi connectivity index (χ2n) is 6.46. The zero-order chi connectivity index (χ0) is 21.1. The van der Waals surface area contributed by atoms with Crippen molar-refractivity contribution in [2.75, 3.05) is 5.32 Å². The highest BCUT2D eigenvalue weighted by Gasteiger charge is 2.27. The van der Waals surface area contributed by atoms with Gasteiger partial charge in [-0.15, -0.1) is 11.3 Å². The number of thiophene rings is 1. The van der Waals surface area contributed by atoms with Gasteiger partial charge in [0.2, 0.25) is 0 Å². The molecule has 0 aliphatic heterocycles. The highest BCUT2D eigenvalue weighted by molar-refractivity contribution is 7.18. The van der Waals surface area contributed by atoms with Crippen molar-refractivity contribution in [1.29, 1.82) is 0 Å². The Labute approximate surface area is 170 Å². The van der Waals surface area contributed by atoms with Crippen LogP contribution in [0.15, 0.2) is 30.7 Å². The maximum absolute atomic E-state index is 12.6. The van der Waals surface area contributed by atoms with Gasteiger partial charge in [-0.05, 0) is 38.5 Å². The van der Waals surface area contributed by atoms with Gasteiger partial charge in [-0.1, -0.05) is 0 Å². The number of esters is 1. The number of nitrogens with one attached hydrogen (secondary N) is 1. The fourth-order valence-electron chi connectivity index (χ4n) is 2.62. The average Bonchev–Trinajstić information content (AvgIpc) is 3.35. The van der Waals surface area contributed by atoms with Crippen LogP contribution in [0.3, 0.4) is 0 Å². The lowest BCUT2D eigenvalue weighted by Gasteiger charge is -2.10. The number of anilines is 1. The Kier molecular flexibility index (Phi) is 5.78. The summed E-state index contributed by atoms with van der Waals surface area (Å²) in [5.41, 5.74) is 6.02. The molecule has 10 nitrogen and oxygen atoms in total. The fraction of sp³-hybridized carbons (Fsp3) is 0.278. The number of aromatic nitrogens is 4. The van der Waals surface area contributed by atoms with Crippen LogP contribution in [-0.2, 0) is 11.4 Å².